The minimum absolute atomic E-state index is 0.00905. The van der Waals surface area contributed by atoms with Gasteiger partial charge in [0.1, 0.15) is 11.5 Å². The zero-order valence-corrected chi connectivity index (χ0v) is 13.8. The van der Waals surface area contributed by atoms with Crippen LogP contribution >= 0.6 is 0 Å². The van der Waals surface area contributed by atoms with Gasteiger partial charge in [0.25, 0.3) is 0 Å². The summed E-state index contributed by atoms with van der Waals surface area (Å²) in [6, 6.07) is 4.05. The molecule has 22 heavy (non-hydrogen) atoms. The Morgan fingerprint density at radius 2 is 2.14 bits per heavy atom. The summed E-state index contributed by atoms with van der Waals surface area (Å²) in [6.45, 7) is 3.27. The molecule has 3 aliphatic rings. The molecule has 1 heterocycles. The maximum absolute atomic E-state index is 11.0. The average molecular weight is 307 g/mol. The van der Waals surface area contributed by atoms with Gasteiger partial charge in [0.05, 0.1) is 18.2 Å². The Morgan fingerprint density at radius 1 is 1.36 bits per heavy atom. The number of rotatable bonds is 7. The number of hydrogen-bond acceptors (Lipinski definition) is 4. The fourth-order valence-corrected chi connectivity index (χ4v) is 4.27. The van der Waals surface area contributed by atoms with Crippen molar-refractivity contribution in [1.29, 1.82) is 0 Å². The van der Waals surface area contributed by atoms with E-state index in [1.54, 1.807) is 7.11 Å². The van der Waals surface area contributed by atoms with Crippen molar-refractivity contribution in [3.8, 4) is 0 Å². The van der Waals surface area contributed by atoms with Gasteiger partial charge in [0.2, 0.25) is 0 Å². The zero-order valence-electron chi connectivity index (χ0n) is 13.8. The highest BCUT2D eigenvalue weighted by Gasteiger charge is 2.46. The second kappa shape index (κ2) is 6.73. The summed E-state index contributed by atoms with van der Waals surface area (Å²) < 4.78 is 11.2. The molecule has 3 saturated carbocycles. The summed E-state index contributed by atoms with van der Waals surface area (Å²) in [5.41, 5.74) is -0.548. The van der Waals surface area contributed by atoms with Crippen molar-refractivity contribution in [3.05, 3.63) is 23.7 Å². The number of fused-ring (bicyclic) bond motifs is 3. The molecule has 0 spiro atoms. The Morgan fingerprint density at radius 3 is 2.68 bits per heavy atom. The van der Waals surface area contributed by atoms with Crippen LogP contribution in [0.15, 0.2) is 16.5 Å². The number of nitrogens with one attached hydrogen (secondary N) is 1. The highest BCUT2D eigenvalue weighted by atomic mass is 16.5. The van der Waals surface area contributed by atoms with Crippen LogP contribution in [0.1, 0.15) is 56.6 Å². The van der Waals surface area contributed by atoms with Gasteiger partial charge in [-0.15, -0.1) is 0 Å². The number of methoxy groups -OCH3 is 1. The normalized spacial score (nSPS) is 32.3. The monoisotopic (exact) mass is 307 g/mol. The molecule has 2 bridgehead atoms. The van der Waals surface area contributed by atoms with E-state index in [4.69, 9.17) is 9.15 Å². The minimum Gasteiger partial charge on any atom is -0.464 e. The summed E-state index contributed by atoms with van der Waals surface area (Å²) in [5.74, 6) is 3.07. The van der Waals surface area contributed by atoms with E-state index in [0.717, 1.165) is 24.4 Å². The molecular formula is C18H29NO3. The predicted octanol–water partition coefficient (Wildman–Crippen LogP) is 3.06. The zero-order chi connectivity index (χ0) is 15.6. The van der Waals surface area contributed by atoms with E-state index in [1.165, 1.54) is 25.7 Å². The van der Waals surface area contributed by atoms with Crippen molar-refractivity contribution in [3.63, 3.8) is 0 Å². The number of aryl methyl sites for hydroxylation is 1. The molecular weight excluding hydrogens is 278 g/mol. The molecule has 0 aromatic carbocycles. The van der Waals surface area contributed by atoms with Gasteiger partial charge in [-0.3, -0.25) is 0 Å². The van der Waals surface area contributed by atoms with Crippen LogP contribution in [0.4, 0.5) is 0 Å². The van der Waals surface area contributed by atoms with Crippen molar-refractivity contribution in [2.24, 2.45) is 11.8 Å². The number of aliphatic hydroxyl groups is 1. The summed E-state index contributed by atoms with van der Waals surface area (Å²) in [4.78, 5) is 0. The van der Waals surface area contributed by atoms with E-state index in [1.807, 2.05) is 12.1 Å². The molecule has 124 valence electrons. The first-order valence-electron chi connectivity index (χ1n) is 8.68. The van der Waals surface area contributed by atoms with E-state index < -0.39 is 5.60 Å². The Labute approximate surface area is 133 Å². The highest BCUT2D eigenvalue weighted by Crippen LogP contribution is 2.47. The van der Waals surface area contributed by atoms with Crippen molar-refractivity contribution >= 4 is 0 Å². The maximum Gasteiger partial charge on any atom is 0.123 e. The fourth-order valence-electron chi connectivity index (χ4n) is 4.27. The van der Waals surface area contributed by atoms with E-state index in [2.05, 4.69) is 12.2 Å². The van der Waals surface area contributed by atoms with Gasteiger partial charge < -0.3 is 19.6 Å². The third-order valence-electron chi connectivity index (χ3n) is 5.61. The lowest BCUT2D eigenvalue weighted by Gasteiger charge is -2.49. The van der Waals surface area contributed by atoms with Crippen LogP contribution in [0.5, 0.6) is 0 Å². The Bertz CT molecular complexity index is 478. The lowest BCUT2D eigenvalue weighted by Crippen LogP contribution is -2.54. The van der Waals surface area contributed by atoms with Crippen LogP contribution < -0.4 is 5.32 Å². The lowest BCUT2D eigenvalue weighted by atomic mass is 9.62. The number of hydrogen-bond donors (Lipinski definition) is 2. The lowest BCUT2D eigenvalue weighted by molar-refractivity contribution is -0.0971. The fraction of sp³-hybridized carbons (Fsp3) is 0.778. The molecule has 4 heteroatoms. The van der Waals surface area contributed by atoms with Gasteiger partial charge in [-0.05, 0) is 56.1 Å². The topological polar surface area (TPSA) is 54.6 Å². The standard InChI is InChI=1S/C18H29NO3/c1-3-15-8-9-17(22-15)16(11-21-2)19-12-18(20)10-13-4-6-14(18)7-5-13/h8-9,13-14,16,19-20H,3-7,10-12H2,1-2H3. The molecule has 2 N–H and O–H groups in total. The van der Waals surface area contributed by atoms with Crippen LogP contribution in [0, 0.1) is 11.8 Å². The molecule has 3 aliphatic carbocycles. The second-order valence-electron chi connectivity index (χ2n) is 7.07. The quantitative estimate of drug-likeness (QED) is 0.813. The van der Waals surface area contributed by atoms with E-state index in [0.29, 0.717) is 25.0 Å². The maximum atomic E-state index is 11.0. The van der Waals surface area contributed by atoms with Crippen LogP contribution in [0.3, 0.4) is 0 Å². The third kappa shape index (κ3) is 3.24. The van der Waals surface area contributed by atoms with E-state index in [-0.39, 0.29) is 6.04 Å². The van der Waals surface area contributed by atoms with Gasteiger partial charge in [-0.25, -0.2) is 0 Å². The Kier molecular flexibility index (Phi) is 4.91. The molecule has 0 saturated heterocycles. The summed E-state index contributed by atoms with van der Waals surface area (Å²) in [6.07, 6.45) is 6.80. The van der Waals surface area contributed by atoms with E-state index >= 15 is 0 Å². The van der Waals surface area contributed by atoms with Gasteiger partial charge in [-0.1, -0.05) is 6.92 Å². The molecule has 0 amide bonds. The van der Waals surface area contributed by atoms with Crippen LogP contribution in [-0.2, 0) is 11.2 Å². The molecule has 0 aliphatic heterocycles. The van der Waals surface area contributed by atoms with Crippen molar-refractivity contribution in [2.75, 3.05) is 20.3 Å². The van der Waals surface area contributed by atoms with Crippen LogP contribution in [0.25, 0.3) is 0 Å². The molecule has 1 aromatic heterocycles. The highest BCUT2D eigenvalue weighted by molar-refractivity contribution is 5.11. The molecule has 4 rings (SSSR count). The first-order valence-corrected chi connectivity index (χ1v) is 8.68. The SMILES string of the molecule is CCc1ccc(C(COC)NCC2(O)CC3CCC2CC3)o1. The molecule has 1 aromatic rings. The molecule has 3 fully saturated rings. The van der Waals surface area contributed by atoms with Crippen LogP contribution in [0.2, 0.25) is 0 Å². The van der Waals surface area contributed by atoms with Gasteiger partial charge in [0, 0.05) is 20.1 Å². The van der Waals surface area contributed by atoms with Gasteiger partial charge >= 0.3 is 0 Å². The first-order chi connectivity index (χ1) is 10.6. The second-order valence-corrected chi connectivity index (χ2v) is 7.07. The summed E-state index contributed by atoms with van der Waals surface area (Å²) in [7, 11) is 1.70. The van der Waals surface area contributed by atoms with Crippen molar-refractivity contribution in [1.82, 2.24) is 5.32 Å². The predicted molar refractivity (Wildman–Crippen MR) is 85.7 cm³/mol. The molecule has 2 unspecified atom stereocenters. The Hall–Kier alpha value is -0.840. The molecule has 4 nitrogen and oxygen atoms in total. The van der Waals surface area contributed by atoms with Crippen LogP contribution in [-0.4, -0.2) is 31.0 Å². The minimum atomic E-state index is -0.548. The smallest absolute Gasteiger partial charge is 0.123 e. The Balaban J connectivity index is 1.64. The van der Waals surface area contributed by atoms with Crippen molar-refractivity contribution < 1.29 is 14.3 Å². The first kappa shape index (κ1) is 16.0. The van der Waals surface area contributed by atoms with Gasteiger partial charge in [0.15, 0.2) is 0 Å². The molecule has 0 radical (unpaired) electrons. The van der Waals surface area contributed by atoms with Gasteiger partial charge in [-0.2, -0.15) is 0 Å². The number of furan rings is 1. The number of ether oxygens (including phenoxy) is 1. The largest absolute Gasteiger partial charge is 0.464 e. The van der Waals surface area contributed by atoms with Crippen molar-refractivity contribution in [2.45, 2.75) is 57.1 Å². The summed E-state index contributed by atoms with van der Waals surface area (Å²) >= 11 is 0. The third-order valence-corrected chi connectivity index (χ3v) is 5.61. The average Bonchev–Trinajstić information content (AvgIpc) is 3.01. The summed E-state index contributed by atoms with van der Waals surface area (Å²) in [5, 5.41) is 14.5. The molecule has 2 atom stereocenters. The van der Waals surface area contributed by atoms with E-state index in [9.17, 15) is 5.11 Å².